The highest BCUT2D eigenvalue weighted by Crippen LogP contribution is 2.35. The van der Waals surface area contributed by atoms with Crippen molar-refractivity contribution in [3.8, 4) is 5.69 Å². The third kappa shape index (κ3) is 4.29. The van der Waals surface area contributed by atoms with Crippen molar-refractivity contribution in [3.05, 3.63) is 82.2 Å². The fraction of sp³-hybridized carbons (Fsp3) is 0.100. The molecule has 0 spiro atoms. The van der Waals surface area contributed by atoms with Crippen molar-refractivity contribution in [2.45, 2.75) is 12.4 Å². The second-order valence-corrected chi connectivity index (χ2v) is 6.76. The molecule has 13 heteroatoms. The van der Waals surface area contributed by atoms with Crippen molar-refractivity contribution in [1.82, 2.24) is 19.7 Å². The van der Waals surface area contributed by atoms with Crippen LogP contribution in [-0.4, -0.2) is 25.7 Å². The first-order valence-electron chi connectivity index (χ1n) is 9.07. The summed E-state index contributed by atoms with van der Waals surface area (Å²) in [6.07, 6.45) is -8.43. The second kappa shape index (κ2) is 7.76. The van der Waals surface area contributed by atoms with Gasteiger partial charge in [-0.25, -0.2) is 4.68 Å². The Morgan fingerprint density at radius 1 is 1.00 bits per heavy atom. The molecule has 33 heavy (non-hydrogen) atoms. The molecular weight excluding hydrogens is 456 g/mol. The number of H-pyrrole nitrogens is 1. The lowest BCUT2D eigenvalue weighted by atomic mass is 10.1. The fourth-order valence-electron chi connectivity index (χ4n) is 3.19. The fourth-order valence-corrected chi connectivity index (χ4v) is 3.19. The molecule has 7 nitrogen and oxygen atoms in total. The number of nitrogens with one attached hydrogen (secondary N) is 2. The predicted octanol–water partition coefficient (Wildman–Crippen LogP) is 4.40. The van der Waals surface area contributed by atoms with Crippen LogP contribution in [0.2, 0.25) is 0 Å². The van der Waals surface area contributed by atoms with Gasteiger partial charge in [0.05, 0.1) is 23.0 Å². The Hall–Kier alpha value is -4.16. The Morgan fingerprint density at radius 2 is 1.76 bits per heavy atom. The number of amides is 1. The lowest BCUT2D eigenvalue weighted by molar-refractivity contribution is -0.143. The Balaban J connectivity index is 1.80. The highest BCUT2D eigenvalue weighted by molar-refractivity contribution is 6.05. The summed E-state index contributed by atoms with van der Waals surface area (Å²) in [5.41, 5.74) is -4.36. The van der Waals surface area contributed by atoms with E-state index in [4.69, 9.17) is 0 Å². The van der Waals surface area contributed by atoms with E-state index in [1.54, 1.807) is 0 Å². The Morgan fingerprint density at radius 3 is 2.45 bits per heavy atom. The van der Waals surface area contributed by atoms with Crippen LogP contribution in [0, 0.1) is 0 Å². The summed E-state index contributed by atoms with van der Waals surface area (Å²) >= 11 is 0. The minimum absolute atomic E-state index is 0.0709. The average Bonchev–Trinajstić information content (AvgIpc) is 3.18. The maximum Gasteiger partial charge on any atom is 0.434 e. The van der Waals surface area contributed by atoms with Crippen molar-refractivity contribution in [3.63, 3.8) is 0 Å². The van der Waals surface area contributed by atoms with E-state index in [0.29, 0.717) is 16.9 Å². The molecule has 4 rings (SSSR count). The summed E-state index contributed by atoms with van der Waals surface area (Å²) in [4.78, 5) is 29.7. The van der Waals surface area contributed by atoms with Gasteiger partial charge in [-0.05, 0) is 30.3 Å². The first-order chi connectivity index (χ1) is 15.4. The van der Waals surface area contributed by atoms with E-state index in [9.17, 15) is 35.9 Å². The van der Waals surface area contributed by atoms with Crippen LogP contribution >= 0.6 is 0 Å². The van der Waals surface area contributed by atoms with Gasteiger partial charge in [0.2, 0.25) is 5.56 Å². The number of carbonyl (C=O) groups is 1. The standard InChI is InChI=1S/C20H11F6N5O2/c21-19(22,23)15-8-10(6-7-27-15)29-18(33)12-9-28-31(17(12)20(24,25)26)14-3-1-2-13-11(14)4-5-16(32)30-13/h1-9H,(H,30,32)(H,27,29,33). The zero-order chi connectivity index (χ0) is 24.0. The number of alkyl halides is 6. The highest BCUT2D eigenvalue weighted by atomic mass is 19.4. The first kappa shape index (κ1) is 22.0. The Kier molecular flexibility index (Phi) is 5.18. The number of hydrogen-bond acceptors (Lipinski definition) is 4. The molecule has 0 unspecified atom stereocenters. The molecule has 3 heterocycles. The normalized spacial score (nSPS) is 12.2. The molecule has 1 aromatic carbocycles. The molecule has 0 atom stereocenters. The van der Waals surface area contributed by atoms with Gasteiger partial charge in [0, 0.05) is 23.3 Å². The zero-order valence-electron chi connectivity index (χ0n) is 16.1. The van der Waals surface area contributed by atoms with E-state index in [2.05, 4.69) is 15.1 Å². The van der Waals surface area contributed by atoms with E-state index in [-0.39, 0.29) is 16.6 Å². The zero-order valence-corrected chi connectivity index (χ0v) is 16.1. The maximum atomic E-state index is 14.0. The van der Waals surface area contributed by atoms with Crippen LogP contribution in [0.15, 0.2) is 59.7 Å². The number of anilines is 1. The number of aromatic amines is 1. The van der Waals surface area contributed by atoms with E-state index in [1.165, 1.54) is 24.3 Å². The van der Waals surface area contributed by atoms with Gasteiger partial charge >= 0.3 is 12.4 Å². The monoisotopic (exact) mass is 467 g/mol. The van der Waals surface area contributed by atoms with Gasteiger partial charge in [0.25, 0.3) is 5.91 Å². The number of nitrogens with zero attached hydrogens (tertiary/aromatic N) is 3. The van der Waals surface area contributed by atoms with E-state index >= 15 is 0 Å². The van der Waals surface area contributed by atoms with Crippen LogP contribution in [0.1, 0.15) is 21.7 Å². The van der Waals surface area contributed by atoms with Crippen molar-refractivity contribution >= 4 is 22.5 Å². The lowest BCUT2D eigenvalue weighted by Crippen LogP contribution is -2.21. The van der Waals surface area contributed by atoms with E-state index in [1.807, 2.05) is 5.32 Å². The van der Waals surface area contributed by atoms with Crippen LogP contribution in [0.25, 0.3) is 16.6 Å². The number of carbonyl (C=O) groups excluding carboxylic acids is 1. The number of fused-ring (bicyclic) bond motifs is 1. The smallest absolute Gasteiger partial charge is 0.322 e. The SMILES string of the molecule is O=C(Nc1ccnc(C(F)(F)F)c1)c1cnn(-c2cccc3[nH]c(=O)ccc23)c1C(F)(F)F. The largest absolute Gasteiger partial charge is 0.434 e. The molecule has 2 N–H and O–H groups in total. The number of pyridine rings is 2. The molecule has 1 amide bonds. The van der Waals surface area contributed by atoms with Crippen molar-refractivity contribution in [1.29, 1.82) is 0 Å². The summed E-state index contributed by atoms with van der Waals surface area (Å²) < 4.78 is 80.9. The summed E-state index contributed by atoms with van der Waals surface area (Å²) in [5.74, 6) is -1.32. The molecule has 0 aliphatic carbocycles. The van der Waals surface area contributed by atoms with Gasteiger partial charge in [0.1, 0.15) is 5.69 Å². The molecule has 0 saturated heterocycles. The third-order valence-corrected chi connectivity index (χ3v) is 4.56. The molecule has 0 fully saturated rings. The molecule has 0 saturated carbocycles. The highest BCUT2D eigenvalue weighted by Gasteiger charge is 2.41. The molecular formula is C20H11F6N5O2. The summed E-state index contributed by atoms with van der Waals surface area (Å²) in [7, 11) is 0. The van der Waals surface area contributed by atoms with Crippen molar-refractivity contribution in [2.24, 2.45) is 0 Å². The molecule has 0 aliphatic heterocycles. The minimum atomic E-state index is -5.05. The predicted molar refractivity (Wildman–Crippen MR) is 104 cm³/mol. The lowest BCUT2D eigenvalue weighted by Gasteiger charge is -2.14. The minimum Gasteiger partial charge on any atom is -0.322 e. The molecule has 3 aromatic heterocycles. The molecule has 0 radical (unpaired) electrons. The number of halogens is 6. The summed E-state index contributed by atoms with van der Waals surface area (Å²) in [6.45, 7) is 0. The number of benzene rings is 1. The van der Waals surface area contributed by atoms with Crippen molar-refractivity contribution < 1.29 is 31.1 Å². The molecule has 4 aromatic rings. The second-order valence-electron chi connectivity index (χ2n) is 6.76. The average molecular weight is 467 g/mol. The van der Waals surface area contributed by atoms with Crippen LogP contribution in [-0.2, 0) is 12.4 Å². The molecule has 170 valence electrons. The van der Waals surface area contributed by atoms with Crippen LogP contribution in [0.4, 0.5) is 32.0 Å². The Labute approximate surface area is 179 Å². The first-order valence-corrected chi connectivity index (χ1v) is 9.07. The summed E-state index contributed by atoms with van der Waals surface area (Å²) in [6, 6.07) is 8.11. The van der Waals surface area contributed by atoms with Crippen LogP contribution < -0.4 is 10.9 Å². The van der Waals surface area contributed by atoms with E-state index in [0.717, 1.165) is 18.3 Å². The topological polar surface area (TPSA) is 92.7 Å². The van der Waals surface area contributed by atoms with E-state index < -0.39 is 46.5 Å². The summed E-state index contributed by atoms with van der Waals surface area (Å²) in [5, 5.41) is 5.93. The van der Waals surface area contributed by atoms with Gasteiger partial charge in [-0.1, -0.05) is 6.07 Å². The number of aromatic nitrogens is 4. The molecule has 0 aliphatic rings. The van der Waals surface area contributed by atoms with Gasteiger partial charge in [-0.3, -0.25) is 14.6 Å². The maximum absolute atomic E-state index is 14.0. The van der Waals surface area contributed by atoms with Gasteiger partial charge in [0.15, 0.2) is 5.69 Å². The molecule has 0 bridgehead atoms. The number of hydrogen-bond donors (Lipinski definition) is 2. The van der Waals surface area contributed by atoms with Gasteiger partial charge in [-0.2, -0.15) is 31.4 Å². The number of rotatable bonds is 3. The quantitative estimate of drug-likeness (QED) is 0.437. The Bertz CT molecular complexity index is 1420. The van der Waals surface area contributed by atoms with Crippen molar-refractivity contribution in [2.75, 3.05) is 5.32 Å². The van der Waals surface area contributed by atoms with Crippen LogP contribution in [0.5, 0.6) is 0 Å². The van der Waals surface area contributed by atoms with Gasteiger partial charge < -0.3 is 10.3 Å². The third-order valence-electron chi connectivity index (χ3n) is 4.56. The van der Waals surface area contributed by atoms with Crippen LogP contribution in [0.3, 0.4) is 0 Å². The van der Waals surface area contributed by atoms with Gasteiger partial charge in [-0.15, -0.1) is 0 Å².